The zero-order chi connectivity index (χ0) is 16.9. The van der Waals surface area contributed by atoms with Crippen LogP contribution in [0.2, 0.25) is 0 Å². The first-order valence-electron chi connectivity index (χ1n) is 7.31. The second kappa shape index (κ2) is 7.50. The molecule has 7 heteroatoms. The summed E-state index contributed by atoms with van der Waals surface area (Å²) < 4.78 is 42.4. The van der Waals surface area contributed by atoms with E-state index in [1.54, 1.807) is 0 Å². The molecule has 0 radical (unpaired) electrons. The Hall–Kier alpha value is -2.02. The SMILES string of the molecule is O=C(NCC(O)COc1ccc(C(F)(F)F)cc1)C1=CCCC1. The van der Waals surface area contributed by atoms with Crippen molar-refractivity contribution in [3.63, 3.8) is 0 Å². The summed E-state index contributed by atoms with van der Waals surface area (Å²) >= 11 is 0. The van der Waals surface area contributed by atoms with Gasteiger partial charge in [0.25, 0.3) is 0 Å². The van der Waals surface area contributed by atoms with Crippen molar-refractivity contribution >= 4 is 5.91 Å². The second-order valence-electron chi connectivity index (χ2n) is 5.32. The Morgan fingerprint density at radius 2 is 2.00 bits per heavy atom. The summed E-state index contributed by atoms with van der Waals surface area (Å²) in [5.74, 6) is 0.0259. The van der Waals surface area contributed by atoms with Gasteiger partial charge in [-0.1, -0.05) is 6.08 Å². The van der Waals surface area contributed by atoms with E-state index in [2.05, 4.69) is 5.32 Å². The molecule has 1 aromatic rings. The van der Waals surface area contributed by atoms with E-state index in [1.165, 1.54) is 12.1 Å². The summed E-state index contributed by atoms with van der Waals surface area (Å²) in [5.41, 5.74) is -0.0386. The number of allylic oxidation sites excluding steroid dienone is 1. The number of hydrogen-bond donors (Lipinski definition) is 2. The van der Waals surface area contributed by atoms with Gasteiger partial charge in [-0.25, -0.2) is 0 Å². The lowest BCUT2D eigenvalue weighted by Crippen LogP contribution is -2.35. The highest BCUT2D eigenvalue weighted by molar-refractivity contribution is 5.93. The Kier molecular flexibility index (Phi) is 5.65. The molecule has 1 atom stereocenters. The first-order valence-corrected chi connectivity index (χ1v) is 7.31. The van der Waals surface area contributed by atoms with Gasteiger partial charge >= 0.3 is 6.18 Å². The number of aliphatic hydroxyl groups excluding tert-OH is 1. The van der Waals surface area contributed by atoms with E-state index in [9.17, 15) is 23.1 Å². The smallest absolute Gasteiger partial charge is 0.416 e. The summed E-state index contributed by atoms with van der Waals surface area (Å²) in [4.78, 5) is 11.7. The van der Waals surface area contributed by atoms with Crippen molar-refractivity contribution in [1.29, 1.82) is 0 Å². The molecule has 0 aliphatic heterocycles. The molecule has 0 bridgehead atoms. The molecule has 0 spiro atoms. The Morgan fingerprint density at radius 1 is 1.30 bits per heavy atom. The molecule has 0 saturated heterocycles. The number of amides is 1. The number of halogens is 3. The highest BCUT2D eigenvalue weighted by atomic mass is 19.4. The number of carbonyl (C=O) groups excluding carboxylic acids is 1. The predicted molar refractivity (Wildman–Crippen MR) is 77.9 cm³/mol. The molecular formula is C16H18F3NO3. The van der Waals surface area contributed by atoms with Crippen molar-refractivity contribution in [3.8, 4) is 5.75 Å². The number of alkyl halides is 3. The molecule has 2 rings (SSSR count). The minimum atomic E-state index is -4.39. The van der Waals surface area contributed by atoms with E-state index < -0.39 is 17.8 Å². The third-order valence-electron chi connectivity index (χ3n) is 3.45. The van der Waals surface area contributed by atoms with E-state index >= 15 is 0 Å². The molecule has 1 aromatic carbocycles. The standard InChI is InChI=1S/C16H18F3NO3/c17-16(18,19)12-5-7-14(8-6-12)23-10-13(21)9-20-15(22)11-3-1-2-4-11/h3,5-8,13,21H,1-2,4,9-10H2,(H,20,22). The molecule has 4 nitrogen and oxygen atoms in total. The normalized spacial score (nSPS) is 15.9. The molecule has 1 aliphatic carbocycles. The maximum absolute atomic E-state index is 12.4. The van der Waals surface area contributed by atoms with Crippen LogP contribution in [0.5, 0.6) is 5.75 Å². The second-order valence-corrected chi connectivity index (χ2v) is 5.32. The van der Waals surface area contributed by atoms with Crippen molar-refractivity contribution in [1.82, 2.24) is 5.32 Å². The van der Waals surface area contributed by atoms with Gasteiger partial charge in [0.05, 0.1) is 5.56 Å². The average Bonchev–Trinajstić information content (AvgIpc) is 3.04. The predicted octanol–water partition coefficient (Wildman–Crippen LogP) is 2.67. The van der Waals surface area contributed by atoms with Gasteiger partial charge in [0, 0.05) is 12.1 Å². The van der Waals surface area contributed by atoms with E-state index in [4.69, 9.17) is 4.74 Å². The van der Waals surface area contributed by atoms with Gasteiger partial charge in [0.15, 0.2) is 0 Å². The largest absolute Gasteiger partial charge is 0.491 e. The minimum absolute atomic E-state index is 0.0246. The Labute approximate surface area is 132 Å². The van der Waals surface area contributed by atoms with Crippen LogP contribution < -0.4 is 10.1 Å². The van der Waals surface area contributed by atoms with Crippen molar-refractivity contribution in [2.24, 2.45) is 0 Å². The molecule has 0 fully saturated rings. The van der Waals surface area contributed by atoms with Crippen molar-refractivity contribution in [2.45, 2.75) is 31.5 Å². The van der Waals surface area contributed by atoms with Crippen LogP contribution in [0.4, 0.5) is 13.2 Å². The molecular weight excluding hydrogens is 311 g/mol. The van der Waals surface area contributed by atoms with Gasteiger partial charge in [-0.3, -0.25) is 4.79 Å². The molecule has 1 amide bonds. The van der Waals surface area contributed by atoms with Crippen molar-refractivity contribution in [2.75, 3.05) is 13.2 Å². The van der Waals surface area contributed by atoms with Crippen LogP contribution in [0.1, 0.15) is 24.8 Å². The van der Waals surface area contributed by atoms with Crippen LogP contribution in [0.3, 0.4) is 0 Å². The third-order valence-corrected chi connectivity index (χ3v) is 3.45. The molecule has 0 heterocycles. The summed E-state index contributed by atoms with van der Waals surface area (Å²) in [6, 6.07) is 4.21. The summed E-state index contributed by atoms with van der Waals surface area (Å²) in [6.45, 7) is -0.0957. The first kappa shape index (κ1) is 17.3. The zero-order valence-corrected chi connectivity index (χ0v) is 12.4. The van der Waals surface area contributed by atoms with Gasteiger partial charge in [-0.15, -0.1) is 0 Å². The number of rotatable bonds is 6. The van der Waals surface area contributed by atoms with Crippen molar-refractivity contribution in [3.05, 3.63) is 41.5 Å². The monoisotopic (exact) mass is 329 g/mol. The van der Waals surface area contributed by atoms with Crippen LogP contribution in [-0.2, 0) is 11.0 Å². The Bertz CT molecular complexity index is 567. The van der Waals surface area contributed by atoms with Crippen LogP contribution >= 0.6 is 0 Å². The number of aliphatic hydroxyl groups is 1. The lowest BCUT2D eigenvalue weighted by molar-refractivity contribution is -0.137. The van der Waals surface area contributed by atoms with Gasteiger partial charge in [-0.05, 0) is 43.5 Å². The minimum Gasteiger partial charge on any atom is -0.491 e. The molecule has 0 saturated carbocycles. The lowest BCUT2D eigenvalue weighted by atomic mass is 10.2. The summed E-state index contributed by atoms with van der Waals surface area (Å²) in [7, 11) is 0. The van der Waals surface area contributed by atoms with Crippen molar-refractivity contribution < 1.29 is 27.8 Å². The quantitative estimate of drug-likeness (QED) is 0.844. The maximum atomic E-state index is 12.4. The van der Waals surface area contributed by atoms with Crippen LogP contribution in [0.25, 0.3) is 0 Å². The van der Waals surface area contributed by atoms with E-state index in [0.29, 0.717) is 0 Å². The number of benzene rings is 1. The van der Waals surface area contributed by atoms with Gasteiger partial charge < -0.3 is 15.2 Å². The topological polar surface area (TPSA) is 58.6 Å². The highest BCUT2D eigenvalue weighted by Crippen LogP contribution is 2.30. The third kappa shape index (κ3) is 5.28. The fourth-order valence-corrected chi connectivity index (χ4v) is 2.19. The Morgan fingerprint density at radius 3 is 2.57 bits per heavy atom. The van der Waals surface area contributed by atoms with Crippen LogP contribution in [0, 0.1) is 0 Å². The number of carbonyl (C=O) groups is 1. The summed E-state index contributed by atoms with van der Waals surface area (Å²) in [6.07, 6.45) is -0.866. The van der Waals surface area contributed by atoms with Gasteiger partial charge in [-0.2, -0.15) is 13.2 Å². The molecule has 2 N–H and O–H groups in total. The molecule has 126 valence electrons. The molecule has 1 unspecified atom stereocenters. The molecule has 23 heavy (non-hydrogen) atoms. The summed E-state index contributed by atoms with van der Waals surface area (Å²) in [5, 5.41) is 12.4. The maximum Gasteiger partial charge on any atom is 0.416 e. The van der Waals surface area contributed by atoms with E-state index in [0.717, 1.165) is 37.0 Å². The van der Waals surface area contributed by atoms with Gasteiger partial charge in [0.1, 0.15) is 18.5 Å². The Balaban J connectivity index is 1.73. The zero-order valence-electron chi connectivity index (χ0n) is 12.4. The highest BCUT2D eigenvalue weighted by Gasteiger charge is 2.30. The molecule has 1 aliphatic rings. The average molecular weight is 329 g/mol. The number of hydrogen-bond acceptors (Lipinski definition) is 3. The van der Waals surface area contributed by atoms with Gasteiger partial charge in [0.2, 0.25) is 5.91 Å². The first-order chi connectivity index (χ1) is 10.9. The van der Waals surface area contributed by atoms with Crippen LogP contribution in [-0.4, -0.2) is 30.3 Å². The lowest BCUT2D eigenvalue weighted by Gasteiger charge is -2.14. The van der Waals surface area contributed by atoms with E-state index in [-0.39, 0.29) is 24.8 Å². The fourth-order valence-electron chi connectivity index (χ4n) is 2.19. The van der Waals surface area contributed by atoms with Crippen LogP contribution in [0.15, 0.2) is 35.9 Å². The fraction of sp³-hybridized carbons (Fsp3) is 0.438. The number of nitrogens with one attached hydrogen (secondary N) is 1. The number of ether oxygens (including phenoxy) is 1. The van der Waals surface area contributed by atoms with E-state index in [1.807, 2.05) is 6.08 Å². The molecule has 0 aromatic heterocycles.